The van der Waals surface area contributed by atoms with Crippen molar-refractivity contribution in [2.75, 3.05) is 0 Å². The molecule has 0 amide bonds. The molecule has 0 aliphatic carbocycles. The minimum Gasteiger partial charge on any atom is -0.507 e. The van der Waals surface area contributed by atoms with Gasteiger partial charge in [0, 0.05) is 18.8 Å². The van der Waals surface area contributed by atoms with Crippen LogP contribution in [-0.4, -0.2) is 14.8 Å². The number of aromatic hydroxyl groups is 2. The Bertz CT molecular complexity index is 845. The van der Waals surface area contributed by atoms with Gasteiger partial charge in [0.25, 0.3) is 0 Å². The fourth-order valence-corrected chi connectivity index (χ4v) is 3.34. The van der Waals surface area contributed by atoms with Gasteiger partial charge in [0.1, 0.15) is 5.75 Å². The highest BCUT2D eigenvalue weighted by atomic mass is 16.3. The molecule has 4 nitrogen and oxygen atoms in total. The highest BCUT2D eigenvalue weighted by molar-refractivity contribution is 5.49. The number of aromatic nitrogens is 1. The first kappa shape index (κ1) is 21.1. The maximum atomic E-state index is 11.5. The van der Waals surface area contributed by atoms with E-state index in [-0.39, 0.29) is 22.0 Å². The molecule has 2 aromatic rings. The van der Waals surface area contributed by atoms with Crippen molar-refractivity contribution < 1.29 is 10.2 Å². The Hall–Kier alpha value is -2.23. The smallest absolute Gasteiger partial charge is 0.223 e. The van der Waals surface area contributed by atoms with E-state index in [1.165, 1.54) is 11.6 Å². The zero-order chi connectivity index (χ0) is 20.6. The first-order valence-electron chi connectivity index (χ1n) is 9.58. The number of nitrogens with zero attached hydrogens (tertiary/aromatic N) is 1. The Morgan fingerprint density at radius 2 is 1.44 bits per heavy atom. The molecule has 148 valence electrons. The molecule has 2 rings (SSSR count). The van der Waals surface area contributed by atoms with Crippen LogP contribution in [0.2, 0.25) is 0 Å². The van der Waals surface area contributed by atoms with Gasteiger partial charge < -0.3 is 14.8 Å². The molecule has 0 spiro atoms. The normalized spacial score (nSPS) is 12.4. The van der Waals surface area contributed by atoms with E-state index in [1.54, 1.807) is 13.1 Å². The van der Waals surface area contributed by atoms with Gasteiger partial charge in [-0.2, -0.15) is 0 Å². The van der Waals surface area contributed by atoms with E-state index in [9.17, 15) is 15.0 Å². The topological polar surface area (TPSA) is 62.5 Å². The molecule has 0 bridgehead atoms. The largest absolute Gasteiger partial charge is 0.507 e. The molecule has 1 aromatic heterocycles. The SMILES string of the molecule is Cc1c(O)c(=O)ccn1CCCc1cc(C(C)(C)C)c(O)c(C(C)(C)C)c1. The Labute approximate surface area is 162 Å². The molecule has 27 heavy (non-hydrogen) atoms. The number of aryl methyl sites for hydroxylation is 2. The molecule has 0 atom stereocenters. The summed E-state index contributed by atoms with van der Waals surface area (Å²) in [6.45, 7) is 15.2. The van der Waals surface area contributed by atoms with Crippen molar-refractivity contribution in [3.05, 3.63) is 57.0 Å². The van der Waals surface area contributed by atoms with Crippen LogP contribution in [0, 0.1) is 6.92 Å². The maximum Gasteiger partial charge on any atom is 0.223 e. The minimum atomic E-state index is -0.341. The number of benzene rings is 1. The summed E-state index contributed by atoms with van der Waals surface area (Å²) in [6.07, 6.45) is 3.47. The summed E-state index contributed by atoms with van der Waals surface area (Å²) in [5.74, 6) is 0.229. The van der Waals surface area contributed by atoms with Gasteiger partial charge in [-0.1, -0.05) is 53.7 Å². The molecule has 0 saturated heterocycles. The Balaban J connectivity index is 2.29. The molecule has 2 N–H and O–H groups in total. The third-order valence-electron chi connectivity index (χ3n) is 5.06. The number of hydrogen-bond donors (Lipinski definition) is 2. The second kappa shape index (κ2) is 7.41. The second-order valence-electron chi connectivity index (χ2n) is 9.45. The van der Waals surface area contributed by atoms with Gasteiger partial charge in [0.15, 0.2) is 5.75 Å². The second-order valence-corrected chi connectivity index (χ2v) is 9.45. The lowest BCUT2D eigenvalue weighted by atomic mass is 9.78. The molecule has 0 fully saturated rings. The van der Waals surface area contributed by atoms with Gasteiger partial charge in [-0.05, 0) is 47.3 Å². The third-order valence-corrected chi connectivity index (χ3v) is 5.06. The zero-order valence-electron chi connectivity index (χ0n) is 17.7. The van der Waals surface area contributed by atoms with Crippen molar-refractivity contribution in [1.29, 1.82) is 0 Å². The van der Waals surface area contributed by atoms with Crippen LogP contribution in [0.3, 0.4) is 0 Å². The van der Waals surface area contributed by atoms with E-state index in [2.05, 4.69) is 53.7 Å². The summed E-state index contributed by atoms with van der Waals surface area (Å²) in [5.41, 5.74) is 3.13. The van der Waals surface area contributed by atoms with Crippen LogP contribution in [0.5, 0.6) is 11.5 Å². The summed E-state index contributed by atoms with van der Waals surface area (Å²) in [4.78, 5) is 11.5. The minimum absolute atomic E-state index is 0.138. The summed E-state index contributed by atoms with van der Waals surface area (Å²) >= 11 is 0. The van der Waals surface area contributed by atoms with Crippen molar-refractivity contribution in [2.45, 2.75) is 78.7 Å². The van der Waals surface area contributed by atoms with Crippen molar-refractivity contribution in [3.63, 3.8) is 0 Å². The first-order valence-corrected chi connectivity index (χ1v) is 9.58. The van der Waals surface area contributed by atoms with Gasteiger partial charge in [0.05, 0.1) is 5.69 Å². The van der Waals surface area contributed by atoms with E-state index < -0.39 is 0 Å². The standard InChI is InChI=1S/C23H33NO3/c1-15-20(26)19(25)10-12-24(15)11-8-9-16-13-17(22(2,3)4)21(27)18(14-16)23(5,6)7/h10,12-14,26-27H,8-9,11H2,1-7H3. The van der Waals surface area contributed by atoms with Gasteiger partial charge in [0.2, 0.25) is 5.43 Å². The molecule has 1 aromatic carbocycles. The summed E-state index contributed by atoms with van der Waals surface area (Å²) in [7, 11) is 0. The molecular formula is C23H33NO3. The zero-order valence-corrected chi connectivity index (χ0v) is 17.7. The van der Waals surface area contributed by atoms with Gasteiger partial charge in [-0.3, -0.25) is 4.79 Å². The number of rotatable bonds is 4. The monoisotopic (exact) mass is 371 g/mol. The molecule has 4 heteroatoms. The van der Waals surface area contributed by atoms with Crippen LogP contribution in [0.25, 0.3) is 0 Å². The van der Waals surface area contributed by atoms with Gasteiger partial charge in [-0.25, -0.2) is 0 Å². The van der Waals surface area contributed by atoms with E-state index in [4.69, 9.17) is 0 Å². The predicted molar refractivity (Wildman–Crippen MR) is 111 cm³/mol. The average Bonchev–Trinajstić information content (AvgIpc) is 2.54. The van der Waals surface area contributed by atoms with E-state index >= 15 is 0 Å². The van der Waals surface area contributed by atoms with E-state index in [0.717, 1.165) is 30.5 Å². The summed E-state index contributed by atoms with van der Waals surface area (Å²) in [5, 5.41) is 20.6. The van der Waals surface area contributed by atoms with Crippen LogP contribution in [0.4, 0.5) is 0 Å². The third kappa shape index (κ3) is 4.74. The molecule has 0 aliphatic rings. The first-order chi connectivity index (χ1) is 12.3. The number of phenolic OH excluding ortho intramolecular Hbond substituents is 1. The molecule has 1 heterocycles. The average molecular weight is 372 g/mol. The highest BCUT2D eigenvalue weighted by Crippen LogP contribution is 2.40. The number of pyridine rings is 1. The number of hydrogen-bond acceptors (Lipinski definition) is 3. The molecular weight excluding hydrogens is 338 g/mol. The lowest BCUT2D eigenvalue weighted by Gasteiger charge is -2.28. The maximum absolute atomic E-state index is 11.5. The predicted octanol–water partition coefficient (Wildman–Crippen LogP) is 4.80. The van der Waals surface area contributed by atoms with Crippen molar-refractivity contribution in [2.24, 2.45) is 0 Å². The fourth-order valence-electron chi connectivity index (χ4n) is 3.34. The van der Waals surface area contributed by atoms with Crippen LogP contribution in [-0.2, 0) is 23.8 Å². The quantitative estimate of drug-likeness (QED) is 0.812. The van der Waals surface area contributed by atoms with E-state index in [0.29, 0.717) is 11.4 Å². The Morgan fingerprint density at radius 3 is 1.93 bits per heavy atom. The molecule has 0 unspecified atom stereocenters. The van der Waals surface area contributed by atoms with E-state index in [1.807, 2.05) is 4.57 Å². The van der Waals surface area contributed by atoms with Crippen LogP contribution in [0.1, 0.15) is 70.3 Å². The lowest BCUT2D eigenvalue weighted by molar-refractivity contribution is 0.422. The summed E-state index contributed by atoms with van der Waals surface area (Å²) < 4.78 is 1.91. The van der Waals surface area contributed by atoms with Crippen molar-refractivity contribution in [3.8, 4) is 11.5 Å². The van der Waals surface area contributed by atoms with Crippen LogP contribution < -0.4 is 5.43 Å². The summed E-state index contributed by atoms with van der Waals surface area (Å²) in [6, 6.07) is 5.62. The highest BCUT2D eigenvalue weighted by Gasteiger charge is 2.26. The Kier molecular flexibility index (Phi) is 5.79. The molecule has 0 radical (unpaired) electrons. The lowest BCUT2D eigenvalue weighted by Crippen LogP contribution is -2.18. The number of phenols is 1. The Morgan fingerprint density at radius 1 is 0.926 bits per heavy atom. The van der Waals surface area contributed by atoms with Gasteiger partial charge >= 0.3 is 0 Å². The molecule has 0 saturated carbocycles. The van der Waals surface area contributed by atoms with Gasteiger partial charge in [-0.15, -0.1) is 0 Å². The fraction of sp³-hybridized carbons (Fsp3) is 0.522. The molecule has 0 aliphatic heterocycles. The van der Waals surface area contributed by atoms with Crippen molar-refractivity contribution >= 4 is 0 Å². The van der Waals surface area contributed by atoms with Crippen LogP contribution >= 0.6 is 0 Å². The van der Waals surface area contributed by atoms with Crippen LogP contribution in [0.15, 0.2) is 29.2 Å². The van der Waals surface area contributed by atoms with Crippen molar-refractivity contribution in [1.82, 2.24) is 4.57 Å².